The van der Waals surface area contributed by atoms with Gasteiger partial charge in [0.25, 0.3) is 11.8 Å². The van der Waals surface area contributed by atoms with Crippen LogP contribution in [0.5, 0.6) is 5.75 Å². The first kappa shape index (κ1) is 30.1. The van der Waals surface area contributed by atoms with E-state index < -0.39 is 5.82 Å². The molecule has 0 bridgehead atoms. The standard InChI is InChI=1S/C35H42FN5O3/c1-24(2)44-28-11-12-29(31(36)20-28)34(42)40-21-26-13-16-39(17-14-27(26)22-40)35(43)30-10-7-15-37-33(30)41-19-18-38(3)23-32(41)25-8-5-4-6-9-25/h4-12,15,20,24,26-27,32H,13-14,16-19,21-23H2,1-3H3/t26-,27+,32?. The molecule has 3 fully saturated rings. The molecule has 3 aliphatic heterocycles. The summed E-state index contributed by atoms with van der Waals surface area (Å²) in [7, 11) is 2.13. The molecule has 9 heteroatoms. The predicted octanol–water partition coefficient (Wildman–Crippen LogP) is 5.13. The summed E-state index contributed by atoms with van der Waals surface area (Å²) < 4.78 is 20.4. The van der Waals surface area contributed by atoms with E-state index in [9.17, 15) is 14.0 Å². The van der Waals surface area contributed by atoms with Crippen LogP contribution in [0.3, 0.4) is 0 Å². The van der Waals surface area contributed by atoms with E-state index in [0.29, 0.717) is 37.5 Å². The molecule has 4 heterocycles. The fourth-order valence-electron chi connectivity index (χ4n) is 7.00. The number of carbonyl (C=O) groups is 2. The Balaban J connectivity index is 1.13. The van der Waals surface area contributed by atoms with Crippen molar-refractivity contribution in [1.29, 1.82) is 0 Å². The van der Waals surface area contributed by atoms with Gasteiger partial charge in [0.15, 0.2) is 0 Å². The Morgan fingerprint density at radius 2 is 1.55 bits per heavy atom. The van der Waals surface area contributed by atoms with E-state index in [1.54, 1.807) is 17.2 Å². The van der Waals surface area contributed by atoms with Crippen molar-refractivity contribution >= 4 is 17.6 Å². The number of hydrogen-bond acceptors (Lipinski definition) is 6. The van der Waals surface area contributed by atoms with Crippen molar-refractivity contribution in [3.05, 3.63) is 89.4 Å². The van der Waals surface area contributed by atoms with E-state index >= 15 is 0 Å². The van der Waals surface area contributed by atoms with E-state index in [1.807, 2.05) is 36.9 Å². The van der Waals surface area contributed by atoms with Crippen LogP contribution >= 0.6 is 0 Å². The van der Waals surface area contributed by atoms with E-state index in [4.69, 9.17) is 9.72 Å². The second-order valence-electron chi connectivity index (χ2n) is 12.7. The molecule has 0 radical (unpaired) electrons. The maximum atomic E-state index is 14.9. The lowest BCUT2D eigenvalue weighted by Gasteiger charge is -2.41. The fourth-order valence-corrected chi connectivity index (χ4v) is 7.00. The number of fused-ring (bicyclic) bond motifs is 1. The molecule has 0 saturated carbocycles. The molecule has 232 valence electrons. The molecular formula is C35H42FN5O3. The highest BCUT2D eigenvalue weighted by Gasteiger charge is 2.39. The molecule has 0 N–H and O–H groups in total. The van der Waals surface area contributed by atoms with E-state index in [1.165, 1.54) is 17.7 Å². The minimum Gasteiger partial charge on any atom is -0.491 e. The number of nitrogens with zero attached hydrogens (tertiary/aromatic N) is 5. The fraction of sp³-hybridized carbons (Fsp3) is 0.457. The monoisotopic (exact) mass is 599 g/mol. The zero-order valence-corrected chi connectivity index (χ0v) is 25.9. The number of likely N-dealkylation sites (N-methyl/N-ethyl adjacent to an activating group) is 1. The number of piperazine rings is 1. The number of pyridine rings is 1. The molecule has 1 unspecified atom stereocenters. The number of hydrogen-bond donors (Lipinski definition) is 0. The molecule has 6 rings (SSSR count). The normalized spacial score (nSPS) is 22.6. The highest BCUT2D eigenvalue weighted by molar-refractivity contribution is 5.99. The Labute approximate surface area is 259 Å². The molecule has 2 amide bonds. The summed E-state index contributed by atoms with van der Waals surface area (Å²) in [5.74, 6) is 0.892. The third-order valence-corrected chi connectivity index (χ3v) is 9.29. The summed E-state index contributed by atoms with van der Waals surface area (Å²) in [5, 5.41) is 0. The number of rotatable bonds is 6. The van der Waals surface area contributed by atoms with E-state index in [-0.39, 0.29) is 41.4 Å². The lowest BCUT2D eigenvalue weighted by molar-refractivity contribution is 0.0732. The van der Waals surface area contributed by atoms with Gasteiger partial charge in [-0.05, 0) is 75.4 Å². The second kappa shape index (κ2) is 12.9. The highest BCUT2D eigenvalue weighted by Crippen LogP contribution is 2.35. The zero-order valence-electron chi connectivity index (χ0n) is 25.9. The van der Waals surface area contributed by atoms with Gasteiger partial charge in [-0.15, -0.1) is 0 Å². The van der Waals surface area contributed by atoms with Gasteiger partial charge < -0.3 is 24.3 Å². The van der Waals surface area contributed by atoms with Crippen LogP contribution in [0.15, 0.2) is 66.9 Å². The minimum absolute atomic E-state index is 0.0116. The number of likely N-dealkylation sites (tertiary alicyclic amines) is 2. The van der Waals surface area contributed by atoms with Gasteiger partial charge in [-0.2, -0.15) is 0 Å². The molecule has 3 aliphatic rings. The van der Waals surface area contributed by atoms with Crippen LogP contribution in [0.2, 0.25) is 0 Å². The van der Waals surface area contributed by atoms with E-state index in [0.717, 1.165) is 38.3 Å². The van der Waals surface area contributed by atoms with Crippen LogP contribution in [0.25, 0.3) is 0 Å². The van der Waals surface area contributed by atoms with Crippen molar-refractivity contribution < 1.29 is 18.7 Å². The molecule has 0 aliphatic carbocycles. The van der Waals surface area contributed by atoms with Crippen LogP contribution in [0.1, 0.15) is 59.0 Å². The van der Waals surface area contributed by atoms with Crippen LogP contribution in [0.4, 0.5) is 10.2 Å². The number of ether oxygens (including phenoxy) is 1. The average molecular weight is 600 g/mol. The SMILES string of the molecule is CC(C)Oc1ccc(C(=O)N2C[C@H]3CCN(C(=O)c4cccnc4N4CCN(C)CC4c4ccccc4)CC[C@H]3C2)c(F)c1. The highest BCUT2D eigenvalue weighted by atomic mass is 19.1. The van der Waals surface area contributed by atoms with Gasteiger partial charge in [-0.1, -0.05) is 30.3 Å². The van der Waals surface area contributed by atoms with Crippen LogP contribution in [0, 0.1) is 17.7 Å². The van der Waals surface area contributed by atoms with Crippen molar-refractivity contribution in [3.63, 3.8) is 0 Å². The number of amides is 2. The van der Waals surface area contributed by atoms with Gasteiger partial charge in [0.1, 0.15) is 17.4 Å². The van der Waals surface area contributed by atoms with Crippen molar-refractivity contribution in [2.45, 2.75) is 38.8 Å². The maximum absolute atomic E-state index is 14.9. The summed E-state index contributed by atoms with van der Waals surface area (Å²) in [6.45, 7) is 8.70. The first-order chi connectivity index (χ1) is 21.3. The molecule has 1 aromatic heterocycles. The third-order valence-electron chi connectivity index (χ3n) is 9.29. The summed E-state index contributed by atoms with van der Waals surface area (Å²) in [4.78, 5) is 40.5. The summed E-state index contributed by atoms with van der Waals surface area (Å²) in [5.41, 5.74) is 1.93. The maximum Gasteiger partial charge on any atom is 0.257 e. The molecule has 44 heavy (non-hydrogen) atoms. The van der Waals surface area contributed by atoms with Crippen molar-refractivity contribution in [3.8, 4) is 5.75 Å². The zero-order chi connectivity index (χ0) is 30.8. The Bertz CT molecular complexity index is 1470. The van der Waals surface area contributed by atoms with Crippen LogP contribution in [-0.2, 0) is 0 Å². The Kier molecular flexibility index (Phi) is 8.84. The topological polar surface area (TPSA) is 69.2 Å². The Hall–Kier alpha value is -3.98. The van der Waals surface area contributed by atoms with Gasteiger partial charge in [0.05, 0.1) is 23.3 Å². The third kappa shape index (κ3) is 6.29. The Morgan fingerprint density at radius 1 is 0.841 bits per heavy atom. The number of benzene rings is 2. The largest absolute Gasteiger partial charge is 0.491 e. The second-order valence-corrected chi connectivity index (χ2v) is 12.7. The molecular weight excluding hydrogens is 557 g/mol. The molecule has 3 aromatic rings. The minimum atomic E-state index is -0.556. The lowest BCUT2D eigenvalue weighted by Crippen LogP contribution is -2.48. The molecule has 3 atom stereocenters. The van der Waals surface area contributed by atoms with Crippen LogP contribution < -0.4 is 9.64 Å². The van der Waals surface area contributed by atoms with Gasteiger partial charge >= 0.3 is 0 Å². The number of aromatic nitrogens is 1. The van der Waals surface area contributed by atoms with Crippen molar-refractivity contribution in [1.82, 2.24) is 19.7 Å². The number of halogens is 1. The molecule has 2 aromatic carbocycles. The number of anilines is 1. The van der Waals surface area contributed by atoms with E-state index in [2.05, 4.69) is 41.1 Å². The molecule has 0 spiro atoms. The average Bonchev–Trinajstić information content (AvgIpc) is 3.33. The number of carbonyl (C=O) groups excluding carboxylic acids is 2. The predicted molar refractivity (Wildman–Crippen MR) is 168 cm³/mol. The van der Waals surface area contributed by atoms with Gasteiger partial charge in [0, 0.05) is 58.1 Å². The first-order valence-corrected chi connectivity index (χ1v) is 15.8. The smallest absolute Gasteiger partial charge is 0.257 e. The molecule has 8 nitrogen and oxygen atoms in total. The Morgan fingerprint density at radius 3 is 2.23 bits per heavy atom. The van der Waals surface area contributed by atoms with Gasteiger partial charge in [-0.25, -0.2) is 9.37 Å². The van der Waals surface area contributed by atoms with Crippen molar-refractivity contribution in [2.24, 2.45) is 11.8 Å². The van der Waals surface area contributed by atoms with Crippen LogP contribution in [-0.4, -0.2) is 90.5 Å². The van der Waals surface area contributed by atoms with Gasteiger partial charge in [-0.3, -0.25) is 9.59 Å². The summed E-state index contributed by atoms with van der Waals surface area (Å²) >= 11 is 0. The molecule has 3 saturated heterocycles. The summed E-state index contributed by atoms with van der Waals surface area (Å²) in [6.07, 6.45) is 3.32. The summed E-state index contributed by atoms with van der Waals surface area (Å²) in [6, 6.07) is 18.8. The first-order valence-electron chi connectivity index (χ1n) is 15.8. The lowest BCUT2D eigenvalue weighted by atomic mass is 9.92. The van der Waals surface area contributed by atoms with Gasteiger partial charge in [0.2, 0.25) is 0 Å². The quantitative estimate of drug-likeness (QED) is 0.392. The van der Waals surface area contributed by atoms with Crippen molar-refractivity contribution in [2.75, 3.05) is 57.8 Å².